The standard InChI is InChI=1S/C16H23NO/c1-4-11-17(16(18)5-2)13-14(3)12-15-9-7-6-8-10-15/h6-10,12H,4-5,11,13H2,1-3H3/b14-12-. The highest BCUT2D eigenvalue weighted by Gasteiger charge is 2.10. The molecule has 2 heteroatoms. The van der Waals surface area contributed by atoms with Crippen LogP contribution in [0.4, 0.5) is 0 Å². The van der Waals surface area contributed by atoms with Crippen molar-refractivity contribution in [1.29, 1.82) is 0 Å². The van der Waals surface area contributed by atoms with Crippen molar-refractivity contribution in [1.82, 2.24) is 4.90 Å². The van der Waals surface area contributed by atoms with Crippen molar-refractivity contribution in [3.63, 3.8) is 0 Å². The maximum atomic E-state index is 11.8. The Bertz CT molecular complexity index is 395. The van der Waals surface area contributed by atoms with Crippen molar-refractivity contribution in [2.75, 3.05) is 13.1 Å². The minimum absolute atomic E-state index is 0.234. The lowest BCUT2D eigenvalue weighted by molar-refractivity contribution is -0.130. The van der Waals surface area contributed by atoms with E-state index in [1.165, 1.54) is 11.1 Å². The first-order valence-corrected chi connectivity index (χ1v) is 6.67. The van der Waals surface area contributed by atoms with Crippen molar-refractivity contribution in [3.05, 3.63) is 41.5 Å². The summed E-state index contributed by atoms with van der Waals surface area (Å²) in [5, 5.41) is 0. The van der Waals surface area contributed by atoms with Gasteiger partial charge in [-0.25, -0.2) is 0 Å². The summed E-state index contributed by atoms with van der Waals surface area (Å²) in [6, 6.07) is 10.2. The van der Waals surface area contributed by atoms with Crippen LogP contribution in [0.15, 0.2) is 35.9 Å². The molecule has 0 fully saturated rings. The maximum Gasteiger partial charge on any atom is 0.222 e. The summed E-state index contributed by atoms with van der Waals surface area (Å²) in [5.41, 5.74) is 2.41. The van der Waals surface area contributed by atoms with Crippen LogP contribution in [0.1, 0.15) is 39.2 Å². The molecule has 0 atom stereocenters. The number of rotatable bonds is 6. The fourth-order valence-electron chi connectivity index (χ4n) is 1.97. The Morgan fingerprint density at radius 3 is 2.44 bits per heavy atom. The lowest BCUT2D eigenvalue weighted by Gasteiger charge is -2.22. The van der Waals surface area contributed by atoms with Gasteiger partial charge in [-0.2, -0.15) is 0 Å². The molecular weight excluding hydrogens is 222 g/mol. The number of nitrogens with zero attached hydrogens (tertiary/aromatic N) is 1. The van der Waals surface area contributed by atoms with Crippen LogP contribution in [0.3, 0.4) is 0 Å². The van der Waals surface area contributed by atoms with Gasteiger partial charge in [0, 0.05) is 19.5 Å². The molecule has 0 saturated heterocycles. The van der Waals surface area contributed by atoms with Gasteiger partial charge in [-0.3, -0.25) is 4.79 Å². The van der Waals surface area contributed by atoms with Crippen molar-refractivity contribution < 1.29 is 4.79 Å². The van der Waals surface area contributed by atoms with Gasteiger partial charge in [-0.1, -0.05) is 55.8 Å². The molecule has 0 bridgehead atoms. The summed E-state index contributed by atoms with van der Waals surface area (Å²) >= 11 is 0. The molecule has 1 aromatic carbocycles. The van der Waals surface area contributed by atoms with Crippen LogP contribution < -0.4 is 0 Å². The van der Waals surface area contributed by atoms with E-state index >= 15 is 0 Å². The van der Waals surface area contributed by atoms with E-state index in [2.05, 4.69) is 32.1 Å². The van der Waals surface area contributed by atoms with Crippen LogP contribution in [0.25, 0.3) is 6.08 Å². The molecule has 98 valence electrons. The van der Waals surface area contributed by atoms with Crippen LogP contribution in [-0.4, -0.2) is 23.9 Å². The lowest BCUT2D eigenvalue weighted by atomic mass is 10.1. The van der Waals surface area contributed by atoms with Gasteiger partial charge in [0.15, 0.2) is 0 Å². The van der Waals surface area contributed by atoms with E-state index in [0.717, 1.165) is 19.5 Å². The molecule has 0 radical (unpaired) electrons. The fourth-order valence-corrected chi connectivity index (χ4v) is 1.97. The van der Waals surface area contributed by atoms with E-state index in [-0.39, 0.29) is 5.91 Å². The second kappa shape index (κ2) is 7.70. The first-order valence-electron chi connectivity index (χ1n) is 6.67. The molecule has 0 aliphatic rings. The summed E-state index contributed by atoms with van der Waals surface area (Å²) in [4.78, 5) is 13.7. The first-order chi connectivity index (χ1) is 8.67. The van der Waals surface area contributed by atoms with Crippen LogP contribution in [0.5, 0.6) is 0 Å². The smallest absolute Gasteiger partial charge is 0.222 e. The van der Waals surface area contributed by atoms with Gasteiger partial charge in [0.2, 0.25) is 5.91 Å². The van der Waals surface area contributed by atoms with Gasteiger partial charge in [-0.05, 0) is 18.9 Å². The maximum absolute atomic E-state index is 11.8. The molecule has 1 rings (SSSR count). The average molecular weight is 245 g/mol. The summed E-state index contributed by atoms with van der Waals surface area (Å²) in [7, 11) is 0. The third-order valence-corrected chi connectivity index (χ3v) is 2.80. The summed E-state index contributed by atoms with van der Waals surface area (Å²) in [6.45, 7) is 7.67. The fraction of sp³-hybridized carbons (Fsp3) is 0.438. The Balaban J connectivity index is 2.69. The third kappa shape index (κ3) is 4.74. The molecule has 0 aliphatic carbocycles. The van der Waals surface area contributed by atoms with E-state index in [1.54, 1.807) is 0 Å². The lowest BCUT2D eigenvalue weighted by Crippen LogP contribution is -2.32. The van der Waals surface area contributed by atoms with Crippen molar-refractivity contribution in [3.8, 4) is 0 Å². The minimum Gasteiger partial charge on any atom is -0.339 e. The number of carbonyl (C=O) groups excluding carboxylic acids is 1. The highest BCUT2D eigenvalue weighted by atomic mass is 16.2. The van der Waals surface area contributed by atoms with E-state index in [1.807, 2.05) is 30.0 Å². The SMILES string of the molecule is CCCN(C/C(C)=C\c1ccccc1)C(=O)CC. The monoisotopic (exact) mass is 245 g/mol. The molecule has 0 saturated carbocycles. The van der Waals surface area contributed by atoms with E-state index in [4.69, 9.17) is 0 Å². The van der Waals surface area contributed by atoms with E-state index in [9.17, 15) is 4.79 Å². The molecular formula is C16H23NO. The molecule has 2 nitrogen and oxygen atoms in total. The molecule has 18 heavy (non-hydrogen) atoms. The molecule has 0 spiro atoms. The predicted molar refractivity (Wildman–Crippen MR) is 77.3 cm³/mol. The van der Waals surface area contributed by atoms with E-state index < -0.39 is 0 Å². The Labute approximate surface area is 110 Å². The zero-order valence-corrected chi connectivity index (χ0v) is 11.6. The number of hydrogen-bond acceptors (Lipinski definition) is 1. The molecule has 0 aromatic heterocycles. The third-order valence-electron chi connectivity index (χ3n) is 2.80. The summed E-state index contributed by atoms with van der Waals surface area (Å²) in [6.07, 6.45) is 3.73. The quantitative estimate of drug-likeness (QED) is 0.747. The van der Waals surface area contributed by atoms with Crippen molar-refractivity contribution in [2.45, 2.75) is 33.6 Å². The molecule has 1 aromatic rings. The molecule has 0 N–H and O–H groups in total. The largest absolute Gasteiger partial charge is 0.339 e. The van der Waals surface area contributed by atoms with Gasteiger partial charge in [-0.15, -0.1) is 0 Å². The van der Waals surface area contributed by atoms with Crippen LogP contribution >= 0.6 is 0 Å². The van der Waals surface area contributed by atoms with Crippen LogP contribution in [0.2, 0.25) is 0 Å². The minimum atomic E-state index is 0.234. The van der Waals surface area contributed by atoms with Gasteiger partial charge in [0.1, 0.15) is 0 Å². The van der Waals surface area contributed by atoms with Gasteiger partial charge in [0.25, 0.3) is 0 Å². The Kier molecular flexibility index (Phi) is 6.20. The van der Waals surface area contributed by atoms with Crippen LogP contribution in [0, 0.1) is 0 Å². The Morgan fingerprint density at radius 2 is 1.89 bits per heavy atom. The van der Waals surface area contributed by atoms with E-state index in [0.29, 0.717) is 6.42 Å². The number of hydrogen-bond donors (Lipinski definition) is 0. The van der Waals surface area contributed by atoms with Crippen LogP contribution in [-0.2, 0) is 4.79 Å². The molecule has 0 aliphatic heterocycles. The first kappa shape index (κ1) is 14.5. The number of amides is 1. The van der Waals surface area contributed by atoms with Crippen molar-refractivity contribution in [2.24, 2.45) is 0 Å². The second-order valence-electron chi connectivity index (χ2n) is 4.57. The predicted octanol–water partition coefficient (Wildman–Crippen LogP) is 3.74. The molecule has 0 unspecified atom stereocenters. The number of benzene rings is 1. The molecule has 1 amide bonds. The summed E-state index contributed by atoms with van der Waals surface area (Å²) < 4.78 is 0. The Hall–Kier alpha value is -1.57. The zero-order chi connectivity index (χ0) is 13.4. The van der Waals surface area contributed by atoms with Gasteiger partial charge in [0.05, 0.1) is 0 Å². The Morgan fingerprint density at radius 1 is 1.22 bits per heavy atom. The summed E-state index contributed by atoms with van der Waals surface area (Å²) in [5.74, 6) is 0.234. The average Bonchev–Trinajstić information content (AvgIpc) is 2.38. The highest BCUT2D eigenvalue weighted by molar-refractivity contribution is 5.76. The normalized spacial score (nSPS) is 11.4. The molecule has 0 heterocycles. The topological polar surface area (TPSA) is 20.3 Å². The zero-order valence-electron chi connectivity index (χ0n) is 11.6. The van der Waals surface area contributed by atoms with Crippen molar-refractivity contribution >= 4 is 12.0 Å². The second-order valence-corrected chi connectivity index (χ2v) is 4.57. The number of carbonyl (C=O) groups is 1. The highest BCUT2D eigenvalue weighted by Crippen LogP contribution is 2.09. The van der Waals surface area contributed by atoms with Gasteiger partial charge < -0.3 is 4.90 Å². The van der Waals surface area contributed by atoms with Gasteiger partial charge >= 0.3 is 0 Å².